The molecule has 1 atom stereocenters. The molecular formula is C17H20ClN3O2. The van der Waals surface area contributed by atoms with Gasteiger partial charge in [-0.3, -0.25) is 4.79 Å². The summed E-state index contributed by atoms with van der Waals surface area (Å²) in [4.78, 5) is 18.9. The van der Waals surface area contributed by atoms with E-state index in [2.05, 4.69) is 10.3 Å². The topological polar surface area (TPSA) is 58.4 Å². The minimum absolute atomic E-state index is 0.110. The molecular weight excluding hydrogens is 314 g/mol. The van der Waals surface area contributed by atoms with Gasteiger partial charge in [0.25, 0.3) is 0 Å². The number of amides is 1. The zero-order valence-electron chi connectivity index (χ0n) is 13.1. The van der Waals surface area contributed by atoms with Crippen molar-refractivity contribution in [2.45, 2.75) is 25.3 Å². The summed E-state index contributed by atoms with van der Waals surface area (Å²) >= 11 is 5.88. The van der Waals surface area contributed by atoms with Crippen LogP contribution in [0.5, 0.6) is 0 Å². The second-order valence-corrected chi connectivity index (χ2v) is 6.20. The second kappa shape index (κ2) is 7.15. The summed E-state index contributed by atoms with van der Waals surface area (Å²) in [6.45, 7) is 1.66. The lowest BCUT2D eigenvalue weighted by atomic mass is 10.2. The van der Waals surface area contributed by atoms with Crippen LogP contribution in [0.4, 0.5) is 0 Å². The van der Waals surface area contributed by atoms with Crippen LogP contribution in [0.3, 0.4) is 0 Å². The van der Waals surface area contributed by atoms with Crippen LogP contribution < -0.4 is 5.32 Å². The molecule has 1 fully saturated rings. The Kier molecular flexibility index (Phi) is 4.98. The summed E-state index contributed by atoms with van der Waals surface area (Å²) < 4.78 is 5.49. The van der Waals surface area contributed by atoms with Gasteiger partial charge in [0, 0.05) is 29.7 Å². The average Bonchev–Trinajstić information content (AvgIpc) is 3.18. The first-order valence-electron chi connectivity index (χ1n) is 7.82. The van der Waals surface area contributed by atoms with Crippen LogP contribution in [-0.4, -0.2) is 42.0 Å². The Hall–Kier alpha value is -1.85. The molecule has 1 aromatic carbocycles. The van der Waals surface area contributed by atoms with E-state index < -0.39 is 0 Å². The van der Waals surface area contributed by atoms with Crippen molar-refractivity contribution in [3.05, 3.63) is 41.2 Å². The maximum Gasteiger partial charge on any atom is 0.229 e. The minimum atomic E-state index is 0.110. The molecule has 1 aromatic heterocycles. The van der Waals surface area contributed by atoms with Gasteiger partial charge in [-0.05, 0) is 44.2 Å². The number of carbonyl (C=O) groups excluding carboxylic acids is 1. The van der Waals surface area contributed by atoms with E-state index in [1.165, 1.54) is 0 Å². The standard InChI is InChI=1S/C17H20ClN3O2/c1-19-10-15-3-2-8-21(15)16(22)9-14-11-23-17(20-14)12-4-6-13(18)7-5-12/h4-7,11,15,19H,2-3,8-10H2,1H3. The molecule has 0 radical (unpaired) electrons. The third kappa shape index (κ3) is 3.74. The van der Waals surface area contributed by atoms with Crippen LogP contribution in [0, 0.1) is 0 Å². The molecule has 0 bridgehead atoms. The van der Waals surface area contributed by atoms with E-state index in [0.717, 1.165) is 31.5 Å². The number of halogens is 1. The van der Waals surface area contributed by atoms with E-state index in [9.17, 15) is 4.79 Å². The Labute approximate surface area is 140 Å². The molecule has 1 aliphatic heterocycles. The lowest BCUT2D eigenvalue weighted by Crippen LogP contribution is -2.41. The molecule has 3 rings (SSSR count). The average molecular weight is 334 g/mol. The van der Waals surface area contributed by atoms with Crippen molar-refractivity contribution in [2.75, 3.05) is 20.1 Å². The quantitative estimate of drug-likeness (QED) is 0.914. The number of hydrogen-bond donors (Lipinski definition) is 1. The van der Waals surface area contributed by atoms with E-state index in [1.54, 1.807) is 18.4 Å². The number of aromatic nitrogens is 1. The van der Waals surface area contributed by atoms with Crippen molar-refractivity contribution in [1.29, 1.82) is 0 Å². The van der Waals surface area contributed by atoms with Gasteiger partial charge in [0.05, 0.1) is 12.1 Å². The van der Waals surface area contributed by atoms with E-state index >= 15 is 0 Å². The van der Waals surface area contributed by atoms with Gasteiger partial charge in [-0.1, -0.05) is 11.6 Å². The molecule has 1 unspecified atom stereocenters. The van der Waals surface area contributed by atoms with Crippen LogP contribution in [0.25, 0.3) is 11.5 Å². The van der Waals surface area contributed by atoms with Gasteiger partial charge in [0.2, 0.25) is 11.8 Å². The number of nitrogens with one attached hydrogen (secondary N) is 1. The molecule has 5 nitrogen and oxygen atoms in total. The third-order valence-electron chi connectivity index (χ3n) is 4.11. The zero-order chi connectivity index (χ0) is 16.2. The first-order chi connectivity index (χ1) is 11.2. The SMILES string of the molecule is CNCC1CCCN1C(=O)Cc1coc(-c2ccc(Cl)cc2)n1. The van der Waals surface area contributed by atoms with Crippen LogP contribution in [0.15, 0.2) is 34.9 Å². The van der Waals surface area contributed by atoms with Crippen molar-refractivity contribution >= 4 is 17.5 Å². The lowest BCUT2D eigenvalue weighted by Gasteiger charge is -2.24. The molecule has 1 aliphatic rings. The smallest absolute Gasteiger partial charge is 0.229 e. The molecule has 2 heterocycles. The van der Waals surface area contributed by atoms with Crippen molar-refractivity contribution in [1.82, 2.24) is 15.2 Å². The molecule has 1 amide bonds. The van der Waals surface area contributed by atoms with Gasteiger partial charge in [0.15, 0.2) is 0 Å². The van der Waals surface area contributed by atoms with E-state index in [1.807, 2.05) is 24.1 Å². The Morgan fingerprint density at radius 1 is 1.43 bits per heavy atom. The number of nitrogens with zero attached hydrogens (tertiary/aromatic N) is 2. The predicted octanol–water partition coefficient (Wildman–Crippen LogP) is 2.75. The minimum Gasteiger partial charge on any atom is -0.444 e. The summed E-state index contributed by atoms with van der Waals surface area (Å²) in [5, 5.41) is 3.82. The van der Waals surface area contributed by atoms with Gasteiger partial charge in [-0.25, -0.2) is 4.98 Å². The fourth-order valence-corrected chi connectivity index (χ4v) is 3.11. The number of carbonyl (C=O) groups is 1. The van der Waals surface area contributed by atoms with Gasteiger partial charge in [-0.2, -0.15) is 0 Å². The molecule has 23 heavy (non-hydrogen) atoms. The summed E-state index contributed by atoms with van der Waals surface area (Å²) in [5.74, 6) is 0.622. The van der Waals surface area contributed by atoms with Crippen LogP contribution in [-0.2, 0) is 11.2 Å². The van der Waals surface area contributed by atoms with Crippen LogP contribution >= 0.6 is 11.6 Å². The van der Waals surface area contributed by atoms with Crippen molar-refractivity contribution in [2.24, 2.45) is 0 Å². The number of oxazole rings is 1. The Balaban J connectivity index is 1.66. The summed E-state index contributed by atoms with van der Waals surface area (Å²) in [6.07, 6.45) is 3.96. The third-order valence-corrected chi connectivity index (χ3v) is 4.36. The van der Waals surface area contributed by atoms with Crippen molar-refractivity contribution in [3.63, 3.8) is 0 Å². The molecule has 2 aromatic rings. The number of rotatable bonds is 5. The maximum absolute atomic E-state index is 12.5. The first kappa shape index (κ1) is 16.0. The van der Waals surface area contributed by atoms with Gasteiger partial charge in [-0.15, -0.1) is 0 Å². The van der Waals surface area contributed by atoms with Crippen LogP contribution in [0.2, 0.25) is 5.02 Å². The zero-order valence-corrected chi connectivity index (χ0v) is 13.8. The normalized spacial score (nSPS) is 17.7. The molecule has 0 aliphatic carbocycles. The first-order valence-corrected chi connectivity index (χ1v) is 8.19. The van der Waals surface area contributed by atoms with E-state index in [0.29, 0.717) is 16.6 Å². The highest BCUT2D eigenvalue weighted by Crippen LogP contribution is 2.22. The van der Waals surface area contributed by atoms with E-state index in [4.69, 9.17) is 16.0 Å². The Morgan fingerprint density at radius 2 is 2.22 bits per heavy atom. The van der Waals surface area contributed by atoms with Crippen LogP contribution in [0.1, 0.15) is 18.5 Å². The molecule has 122 valence electrons. The predicted molar refractivity (Wildman–Crippen MR) is 89.3 cm³/mol. The Bertz CT molecular complexity index is 669. The summed E-state index contributed by atoms with van der Waals surface area (Å²) in [7, 11) is 1.91. The molecule has 0 saturated carbocycles. The molecule has 1 N–H and O–H groups in total. The Morgan fingerprint density at radius 3 is 2.96 bits per heavy atom. The number of likely N-dealkylation sites (tertiary alicyclic amines) is 1. The number of benzene rings is 1. The molecule has 1 saturated heterocycles. The maximum atomic E-state index is 12.5. The summed E-state index contributed by atoms with van der Waals surface area (Å²) in [5.41, 5.74) is 1.51. The fourth-order valence-electron chi connectivity index (χ4n) is 2.98. The van der Waals surface area contributed by atoms with Crippen molar-refractivity contribution < 1.29 is 9.21 Å². The van der Waals surface area contributed by atoms with E-state index in [-0.39, 0.29) is 18.4 Å². The monoisotopic (exact) mass is 333 g/mol. The lowest BCUT2D eigenvalue weighted by molar-refractivity contribution is -0.131. The largest absolute Gasteiger partial charge is 0.444 e. The highest BCUT2D eigenvalue weighted by molar-refractivity contribution is 6.30. The molecule has 0 spiro atoms. The highest BCUT2D eigenvalue weighted by atomic mass is 35.5. The highest BCUT2D eigenvalue weighted by Gasteiger charge is 2.28. The fraction of sp³-hybridized carbons (Fsp3) is 0.412. The van der Waals surface area contributed by atoms with Crippen molar-refractivity contribution in [3.8, 4) is 11.5 Å². The second-order valence-electron chi connectivity index (χ2n) is 5.77. The molecule has 6 heteroatoms. The number of likely N-dealkylation sites (N-methyl/N-ethyl adjacent to an activating group) is 1. The number of hydrogen-bond acceptors (Lipinski definition) is 4. The van der Waals surface area contributed by atoms with Gasteiger partial charge >= 0.3 is 0 Å². The summed E-state index contributed by atoms with van der Waals surface area (Å²) in [6, 6.07) is 7.57. The van der Waals surface area contributed by atoms with Gasteiger partial charge < -0.3 is 14.6 Å². The van der Waals surface area contributed by atoms with Gasteiger partial charge in [0.1, 0.15) is 6.26 Å².